The van der Waals surface area contributed by atoms with E-state index in [0.29, 0.717) is 19.8 Å². The quantitative estimate of drug-likeness (QED) is 0.528. The summed E-state index contributed by atoms with van der Waals surface area (Å²) < 4.78 is 9.98. The summed E-state index contributed by atoms with van der Waals surface area (Å²) in [5.74, 6) is -0.301. The summed E-state index contributed by atoms with van der Waals surface area (Å²) in [4.78, 5) is 11.5. The molecule has 1 heterocycles. The van der Waals surface area contributed by atoms with Crippen molar-refractivity contribution in [2.45, 2.75) is 0 Å². The number of hydrogen-bond acceptors (Lipinski definition) is 5. The normalized spacial score (nSPS) is 29.4. The molecule has 1 rings (SSSR count). The molecule has 0 aromatic carbocycles. The van der Waals surface area contributed by atoms with E-state index in [2.05, 4.69) is 5.32 Å². The van der Waals surface area contributed by atoms with Crippen LogP contribution in [0.4, 0.5) is 0 Å². The number of methoxy groups -OCH3 is 1. The lowest BCUT2D eigenvalue weighted by atomic mass is 9.89. The van der Waals surface area contributed by atoms with Crippen LogP contribution in [0.3, 0.4) is 0 Å². The summed E-state index contributed by atoms with van der Waals surface area (Å²) in [6.07, 6.45) is 0. The molecular weight excluding hydrogens is 172 g/mol. The van der Waals surface area contributed by atoms with Gasteiger partial charge in [0.15, 0.2) is 0 Å². The Morgan fingerprint density at radius 3 is 3.15 bits per heavy atom. The maximum Gasteiger partial charge on any atom is 0.316 e. The Morgan fingerprint density at radius 1 is 1.77 bits per heavy atom. The molecule has 3 N–H and O–H groups in total. The van der Waals surface area contributed by atoms with Crippen molar-refractivity contribution in [2.24, 2.45) is 11.1 Å². The van der Waals surface area contributed by atoms with Crippen molar-refractivity contribution in [1.29, 1.82) is 0 Å². The first kappa shape index (κ1) is 10.4. The van der Waals surface area contributed by atoms with Crippen molar-refractivity contribution >= 4 is 5.97 Å². The first-order valence-corrected chi connectivity index (χ1v) is 4.32. The molecule has 0 saturated carbocycles. The number of rotatable bonds is 2. The van der Waals surface area contributed by atoms with Gasteiger partial charge in [-0.15, -0.1) is 0 Å². The van der Waals surface area contributed by atoms with Gasteiger partial charge in [0.2, 0.25) is 0 Å². The monoisotopic (exact) mass is 188 g/mol. The number of hydrogen-bond donors (Lipinski definition) is 2. The summed E-state index contributed by atoms with van der Waals surface area (Å²) in [6.45, 7) is 2.46. The molecule has 0 aliphatic carbocycles. The minimum absolute atomic E-state index is 0.243. The van der Waals surface area contributed by atoms with E-state index >= 15 is 0 Å². The lowest BCUT2D eigenvalue weighted by molar-refractivity contribution is -0.154. The van der Waals surface area contributed by atoms with Crippen LogP contribution >= 0.6 is 0 Å². The van der Waals surface area contributed by atoms with E-state index in [0.717, 1.165) is 6.54 Å². The fraction of sp³-hybridized carbons (Fsp3) is 0.875. The summed E-state index contributed by atoms with van der Waals surface area (Å²) in [6, 6.07) is 0. The molecule has 5 nitrogen and oxygen atoms in total. The minimum atomic E-state index is -0.703. The van der Waals surface area contributed by atoms with E-state index in [1.54, 1.807) is 0 Å². The van der Waals surface area contributed by atoms with Crippen molar-refractivity contribution in [3.05, 3.63) is 0 Å². The molecule has 0 amide bonds. The summed E-state index contributed by atoms with van der Waals surface area (Å²) >= 11 is 0. The van der Waals surface area contributed by atoms with Crippen molar-refractivity contribution in [1.82, 2.24) is 5.32 Å². The zero-order valence-electron chi connectivity index (χ0n) is 7.84. The third-order valence-corrected chi connectivity index (χ3v) is 2.27. The Bertz CT molecular complexity index is 176. The molecule has 1 unspecified atom stereocenters. The molecule has 76 valence electrons. The Labute approximate surface area is 77.6 Å². The zero-order chi connectivity index (χ0) is 9.73. The Hall–Kier alpha value is -0.650. The van der Waals surface area contributed by atoms with Crippen molar-refractivity contribution in [2.75, 3.05) is 40.0 Å². The first-order chi connectivity index (χ1) is 6.25. The highest BCUT2D eigenvalue weighted by Crippen LogP contribution is 2.18. The lowest BCUT2D eigenvalue weighted by Gasteiger charge is -2.26. The molecular formula is C8H16N2O3. The average molecular weight is 188 g/mol. The van der Waals surface area contributed by atoms with E-state index in [1.807, 2.05) is 0 Å². The van der Waals surface area contributed by atoms with E-state index in [4.69, 9.17) is 15.2 Å². The maximum atomic E-state index is 11.5. The van der Waals surface area contributed by atoms with Crippen molar-refractivity contribution in [3.8, 4) is 0 Å². The Kier molecular flexibility index (Phi) is 3.65. The van der Waals surface area contributed by atoms with Gasteiger partial charge < -0.3 is 20.5 Å². The highest BCUT2D eigenvalue weighted by molar-refractivity contribution is 5.77. The van der Waals surface area contributed by atoms with Gasteiger partial charge >= 0.3 is 5.97 Å². The molecule has 0 aromatic heterocycles. The molecule has 0 spiro atoms. The average Bonchev–Trinajstić information content (AvgIpc) is 2.42. The van der Waals surface area contributed by atoms with Crippen LogP contribution < -0.4 is 11.1 Å². The van der Waals surface area contributed by atoms with Gasteiger partial charge in [-0.1, -0.05) is 0 Å². The second kappa shape index (κ2) is 4.55. The smallest absolute Gasteiger partial charge is 0.316 e. The third kappa shape index (κ3) is 2.18. The topological polar surface area (TPSA) is 73.6 Å². The minimum Gasteiger partial charge on any atom is -0.468 e. The van der Waals surface area contributed by atoms with Gasteiger partial charge in [0.1, 0.15) is 5.41 Å². The van der Waals surface area contributed by atoms with E-state index in [1.165, 1.54) is 7.11 Å². The SMILES string of the molecule is COC(=O)C1(CN)CNCCOC1. The predicted octanol–water partition coefficient (Wildman–Crippen LogP) is -1.28. The number of carbonyl (C=O) groups excluding carboxylic acids is 1. The summed E-state index contributed by atoms with van der Waals surface area (Å²) in [5, 5.41) is 3.10. The van der Waals surface area contributed by atoms with Gasteiger partial charge in [0.05, 0.1) is 20.3 Å². The van der Waals surface area contributed by atoms with Crippen LogP contribution in [-0.2, 0) is 14.3 Å². The second-order valence-electron chi connectivity index (χ2n) is 3.21. The first-order valence-electron chi connectivity index (χ1n) is 4.32. The van der Waals surface area contributed by atoms with Crippen molar-refractivity contribution in [3.63, 3.8) is 0 Å². The van der Waals surface area contributed by atoms with Gasteiger partial charge in [0.25, 0.3) is 0 Å². The number of ether oxygens (including phenoxy) is 2. The Balaban J connectivity index is 2.70. The number of esters is 1. The fourth-order valence-corrected chi connectivity index (χ4v) is 1.35. The van der Waals surface area contributed by atoms with Gasteiger partial charge in [-0.3, -0.25) is 4.79 Å². The Morgan fingerprint density at radius 2 is 2.54 bits per heavy atom. The molecule has 0 aromatic rings. The molecule has 0 bridgehead atoms. The molecule has 1 aliphatic heterocycles. The highest BCUT2D eigenvalue weighted by atomic mass is 16.5. The van der Waals surface area contributed by atoms with Gasteiger partial charge in [0, 0.05) is 19.6 Å². The molecule has 1 fully saturated rings. The summed E-state index contributed by atoms with van der Waals surface area (Å²) in [7, 11) is 1.37. The van der Waals surface area contributed by atoms with Gasteiger partial charge in [-0.05, 0) is 0 Å². The van der Waals surface area contributed by atoms with Crippen LogP contribution in [0.5, 0.6) is 0 Å². The predicted molar refractivity (Wildman–Crippen MR) is 47.2 cm³/mol. The van der Waals surface area contributed by atoms with Crippen LogP contribution in [0.2, 0.25) is 0 Å². The molecule has 1 saturated heterocycles. The molecule has 1 aliphatic rings. The van der Waals surface area contributed by atoms with Crippen LogP contribution in [0, 0.1) is 5.41 Å². The molecule has 13 heavy (non-hydrogen) atoms. The van der Waals surface area contributed by atoms with Crippen molar-refractivity contribution < 1.29 is 14.3 Å². The highest BCUT2D eigenvalue weighted by Gasteiger charge is 2.39. The number of carbonyl (C=O) groups is 1. The molecule has 1 atom stereocenters. The largest absolute Gasteiger partial charge is 0.468 e. The van der Waals surface area contributed by atoms with Crippen LogP contribution in [0.1, 0.15) is 0 Å². The molecule has 5 heteroatoms. The van der Waals surface area contributed by atoms with E-state index < -0.39 is 5.41 Å². The lowest BCUT2D eigenvalue weighted by Crippen LogP contribution is -2.48. The van der Waals surface area contributed by atoms with E-state index in [-0.39, 0.29) is 12.5 Å². The van der Waals surface area contributed by atoms with Crippen LogP contribution in [0.25, 0.3) is 0 Å². The van der Waals surface area contributed by atoms with E-state index in [9.17, 15) is 4.79 Å². The molecule has 0 radical (unpaired) electrons. The number of nitrogens with one attached hydrogen (secondary N) is 1. The second-order valence-corrected chi connectivity index (χ2v) is 3.21. The maximum absolute atomic E-state index is 11.5. The zero-order valence-corrected chi connectivity index (χ0v) is 7.84. The standard InChI is InChI=1S/C8H16N2O3/c1-12-7(11)8(4-9)5-10-2-3-13-6-8/h10H,2-6,9H2,1H3. The van der Waals surface area contributed by atoms with Gasteiger partial charge in [-0.2, -0.15) is 0 Å². The fourth-order valence-electron chi connectivity index (χ4n) is 1.35. The van der Waals surface area contributed by atoms with Crippen LogP contribution in [-0.4, -0.2) is 45.9 Å². The summed E-state index contributed by atoms with van der Waals surface area (Å²) in [5.41, 5.74) is 4.86. The van der Waals surface area contributed by atoms with Gasteiger partial charge in [-0.25, -0.2) is 0 Å². The van der Waals surface area contributed by atoms with Crippen LogP contribution in [0.15, 0.2) is 0 Å². The third-order valence-electron chi connectivity index (χ3n) is 2.27. The number of nitrogens with two attached hydrogens (primary N) is 1.